The maximum atomic E-state index is 13.3. The van der Waals surface area contributed by atoms with Crippen LogP contribution in [0, 0.1) is 5.82 Å². The zero-order valence-corrected chi connectivity index (χ0v) is 14.8. The lowest BCUT2D eigenvalue weighted by atomic mass is 10.1. The number of nitrogens with zero attached hydrogens (tertiary/aromatic N) is 4. The van der Waals surface area contributed by atoms with Gasteiger partial charge in [-0.15, -0.1) is 10.2 Å². The summed E-state index contributed by atoms with van der Waals surface area (Å²) >= 11 is 6.06. The van der Waals surface area contributed by atoms with Gasteiger partial charge in [0.15, 0.2) is 11.6 Å². The van der Waals surface area contributed by atoms with Crippen LogP contribution in [0.15, 0.2) is 48.5 Å². The van der Waals surface area contributed by atoms with Crippen LogP contribution in [0.5, 0.6) is 0 Å². The van der Waals surface area contributed by atoms with Crippen LogP contribution >= 0.6 is 11.6 Å². The van der Waals surface area contributed by atoms with Gasteiger partial charge in [-0.25, -0.2) is 4.39 Å². The van der Waals surface area contributed by atoms with Gasteiger partial charge >= 0.3 is 0 Å². The Morgan fingerprint density at radius 3 is 2.69 bits per heavy atom. The Bertz CT molecular complexity index is 973. The SMILES string of the molecule is CC1Cn2c(nnc2-c2ccccc2)CN1C(=O)c1ccc(F)cc1Cl. The summed E-state index contributed by atoms with van der Waals surface area (Å²) in [5.41, 5.74) is 1.27. The van der Waals surface area contributed by atoms with Gasteiger partial charge in [0.2, 0.25) is 0 Å². The number of amides is 1. The Balaban J connectivity index is 1.65. The third-order valence-corrected chi connectivity index (χ3v) is 4.89. The maximum absolute atomic E-state index is 13.3. The lowest BCUT2D eigenvalue weighted by molar-refractivity contribution is 0.0612. The number of fused-ring (bicyclic) bond motifs is 1. The van der Waals surface area contributed by atoms with E-state index in [1.807, 2.05) is 41.8 Å². The van der Waals surface area contributed by atoms with Gasteiger partial charge in [-0.05, 0) is 25.1 Å². The molecule has 7 heteroatoms. The number of rotatable bonds is 2. The molecule has 0 saturated heterocycles. The quantitative estimate of drug-likeness (QED) is 0.689. The molecular weight excluding hydrogens is 355 g/mol. The second kappa shape index (κ2) is 6.53. The third-order valence-electron chi connectivity index (χ3n) is 4.57. The fourth-order valence-electron chi connectivity index (χ4n) is 3.21. The summed E-state index contributed by atoms with van der Waals surface area (Å²) < 4.78 is 15.3. The summed E-state index contributed by atoms with van der Waals surface area (Å²) in [5, 5.41) is 8.66. The van der Waals surface area contributed by atoms with Crippen LogP contribution in [0.25, 0.3) is 11.4 Å². The summed E-state index contributed by atoms with van der Waals surface area (Å²) in [6.07, 6.45) is 0. The molecule has 0 fully saturated rings. The molecule has 4 rings (SSSR count). The maximum Gasteiger partial charge on any atom is 0.256 e. The fraction of sp³-hybridized carbons (Fsp3) is 0.211. The van der Waals surface area contributed by atoms with Crippen molar-refractivity contribution in [2.24, 2.45) is 0 Å². The van der Waals surface area contributed by atoms with Crippen LogP contribution in [-0.2, 0) is 13.1 Å². The average Bonchev–Trinajstić information content (AvgIpc) is 3.04. The fourth-order valence-corrected chi connectivity index (χ4v) is 3.45. The van der Waals surface area contributed by atoms with E-state index in [0.717, 1.165) is 17.5 Å². The lowest BCUT2D eigenvalue weighted by Crippen LogP contribution is -2.45. The molecule has 3 aromatic rings. The van der Waals surface area contributed by atoms with E-state index in [1.54, 1.807) is 4.90 Å². The van der Waals surface area contributed by atoms with Crippen molar-refractivity contribution in [3.8, 4) is 11.4 Å². The molecule has 1 unspecified atom stereocenters. The van der Waals surface area contributed by atoms with E-state index in [-0.39, 0.29) is 22.5 Å². The number of aromatic nitrogens is 3. The van der Waals surface area contributed by atoms with Crippen molar-refractivity contribution >= 4 is 17.5 Å². The second-order valence-electron chi connectivity index (χ2n) is 6.32. The van der Waals surface area contributed by atoms with E-state index >= 15 is 0 Å². The molecule has 1 aromatic heterocycles. The first-order valence-electron chi connectivity index (χ1n) is 8.28. The Morgan fingerprint density at radius 1 is 1.19 bits per heavy atom. The second-order valence-corrected chi connectivity index (χ2v) is 6.73. The minimum Gasteiger partial charge on any atom is -0.327 e. The zero-order chi connectivity index (χ0) is 18.3. The van der Waals surface area contributed by atoms with Gasteiger partial charge in [-0.2, -0.15) is 0 Å². The summed E-state index contributed by atoms with van der Waals surface area (Å²) in [4.78, 5) is 14.6. The molecule has 1 aliphatic rings. The van der Waals surface area contributed by atoms with Gasteiger partial charge in [-0.3, -0.25) is 4.79 Å². The number of hydrogen-bond donors (Lipinski definition) is 0. The van der Waals surface area contributed by atoms with Crippen molar-refractivity contribution in [2.75, 3.05) is 0 Å². The van der Waals surface area contributed by atoms with Crippen LogP contribution in [0.2, 0.25) is 5.02 Å². The Hall–Kier alpha value is -2.73. The van der Waals surface area contributed by atoms with Gasteiger partial charge in [0.05, 0.1) is 17.1 Å². The summed E-state index contributed by atoms with van der Waals surface area (Å²) in [6, 6.07) is 13.6. The first-order valence-corrected chi connectivity index (χ1v) is 8.66. The first kappa shape index (κ1) is 16.7. The molecule has 26 heavy (non-hydrogen) atoms. The molecule has 0 saturated carbocycles. The van der Waals surface area contributed by atoms with Gasteiger partial charge in [-0.1, -0.05) is 41.9 Å². The normalized spacial score (nSPS) is 16.4. The molecule has 0 spiro atoms. The topological polar surface area (TPSA) is 51.0 Å². The Labute approximate surface area is 155 Å². The van der Waals surface area contributed by atoms with E-state index in [0.29, 0.717) is 18.9 Å². The highest BCUT2D eigenvalue weighted by atomic mass is 35.5. The van der Waals surface area contributed by atoms with Crippen molar-refractivity contribution in [3.05, 3.63) is 70.8 Å². The predicted octanol–water partition coefficient (Wildman–Crippen LogP) is 3.78. The van der Waals surface area contributed by atoms with Crippen LogP contribution in [0.3, 0.4) is 0 Å². The van der Waals surface area contributed by atoms with Crippen LogP contribution in [0.1, 0.15) is 23.1 Å². The molecule has 1 amide bonds. The van der Waals surface area contributed by atoms with Gasteiger partial charge < -0.3 is 9.47 Å². The highest BCUT2D eigenvalue weighted by Gasteiger charge is 2.31. The van der Waals surface area contributed by atoms with Gasteiger partial charge in [0.1, 0.15) is 5.82 Å². The van der Waals surface area contributed by atoms with Crippen molar-refractivity contribution in [2.45, 2.75) is 26.1 Å². The van der Waals surface area contributed by atoms with Crippen molar-refractivity contribution in [1.29, 1.82) is 0 Å². The molecule has 0 radical (unpaired) electrons. The minimum absolute atomic E-state index is 0.0745. The number of halogens is 2. The molecule has 1 aliphatic heterocycles. The summed E-state index contributed by atoms with van der Waals surface area (Å²) in [6.45, 7) is 2.87. The molecular formula is C19H16ClFN4O. The highest BCUT2D eigenvalue weighted by Crippen LogP contribution is 2.27. The standard InChI is InChI=1S/C19H16ClFN4O/c1-12-10-25-17(22-23-18(25)13-5-3-2-4-6-13)11-24(12)19(26)15-8-7-14(21)9-16(15)20/h2-9,12H,10-11H2,1H3. The van der Waals surface area contributed by atoms with E-state index in [4.69, 9.17) is 11.6 Å². The van der Waals surface area contributed by atoms with Crippen LogP contribution < -0.4 is 0 Å². The van der Waals surface area contributed by atoms with Crippen molar-refractivity contribution in [1.82, 2.24) is 19.7 Å². The molecule has 2 heterocycles. The minimum atomic E-state index is -0.467. The average molecular weight is 371 g/mol. The first-order chi connectivity index (χ1) is 12.5. The number of carbonyl (C=O) groups is 1. The molecule has 0 aliphatic carbocycles. The third kappa shape index (κ3) is 2.86. The molecule has 132 valence electrons. The smallest absolute Gasteiger partial charge is 0.256 e. The van der Waals surface area contributed by atoms with Crippen molar-refractivity contribution < 1.29 is 9.18 Å². The van der Waals surface area contributed by atoms with Gasteiger partial charge in [0.25, 0.3) is 5.91 Å². The lowest BCUT2D eigenvalue weighted by Gasteiger charge is -2.34. The van der Waals surface area contributed by atoms with Crippen LogP contribution in [-0.4, -0.2) is 31.6 Å². The molecule has 2 aromatic carbocycles. The number of hydrogen-bond acceptors (Lipinski definition) is 3. The Morgan fingerprint density at radius 2 is 1.96 bits per heavy atom. The van der Waals surface area contributed by atoms with Crippen molar-refractivity contribution in [3.63, 3.8) is 0 Å². The largest absolute Gasteiger partial charge is 0.327 e. The Kier molecular flexibility index (Phi) is 4.20. The number of carbonyl (C=O) groups excluding carboxylic acids is 1. The number of benzene rings is 2. The highest BCUT2D eigenvalue weighted by molar-refractivity contribution is 6.33. The summed E-state index contributed by atoms with van der Waals surface area (Å²) in [5.74, 6) is 0.802. The zero-order valence-electron chi connectivity index (χ0n) is 14.1. The van der Waals surface area contributed by atoms with Crippen LogP contribution in [0.4, 0.5) is 4.39 Å². The molecule has 0 bridgehead atoms. The van der Waals surface area contributed by atoms with E-state index in [2.05, 4.69) is 10.2 Å². The monoisotopic (exact) mass is 370 g/mol. The van der Waals surface area contributed by atoms with E-state index < -0.39 is 5.82 Å². The summed E-state index contributed by atoms with van der Waals surface area (Å²) in [7, 11) is 0. The predicted molar refractivity (Wildman–Crippen MR) is 96.2 cm³/mol. The van der Waals surface area contributed by atoms with E-state index in [1.165, 1.54) is 12.1 Å². The molecule has 5 nitrogen and oxygen atoms in total. The molecule has 1 atom stereocenters. The van der Waals surface area contributed by atoms with E-state index in [9.17, 15) is 9.18 Å². The van der Waals surface area contributed by atoms with Gasteiger partial charge in [0, 0.05) is 18.2 Å². The molecule has 0 N–H and O–H groups in total.